The molecule has 1 saturated heterocycles. The van der Waals surface area contributed by atoms with Crippen LogP contribution in [0.3, 0.4) is 0 Å². The van der Waals surface area contributed by atoms with Gasteiger partial charge < -0.3 is 5.32 Å². The van der Waals surface area contributed by atoms with E-state index in [0.29, 0.717) is 24.2 Å². The minimum absolute atomic E-state index is 0.115. The molecule has 1 heterocycles. The number of carbonyl (C=O) groups is 1. The summed E-state index contributed by atoms with van der Waals surface area (Å²) in [6.45, 7) is 4.15. The number of rotatable bonds is 6. The first kappa shape index (κ1) is 18.5. The molecule has 3 rings (SSSR count). The van der Waals surface area contributed by atoms with Crippen molar-refractivity contribution in [3.8, 4) is 0 Å². The molecule has 0 spiro atoms. The van der Waals surface area contributed by atoms with Crippen molar-refractivity contribution in [1.29, 1.82) is 0 Å². The Balaban J connectivity index is 1.40. The van der Waals surface area contributed by atoms with Crippen molar-refractivity contribution in [2.75, 3.05) is 32.7 Å². The van der Waals surface area contributed by atoms with Crippen LogP contribution >= 0.6 is 0 Å². The van der Waals surface area contributed by atoms with Crippen molar-refractivity contribution in [3.05, 3.63) is 71.3 Å². The predicted molar refractivity (Wildman–Crippen MR) is 96.4 cm³/mol. The summed E-state index contributed by atoms with van der Waals surface area (Å²) in [5.41, 5.74) is 1.18. The van der Waals surface area contributed by atoms with E-state index in [1.165, 1.54) is 12.1 Å². The fourth-order valence-corrected chi connectivity index (χ4v) is 3.07. The van der Waals surface area contributed by atoms with Gasteiger partial charge in [-0.05, 0) is 12.1 Å². The number of benzene rings is 2. The molecule has 1 aliphatic heterocycles. The van der Waals surface area contributed by atoms with E-state index in [1.807, 2.05) is 6.07 Å². The van der Waals surface area contributed by atoms with Crippen LogP contribution in [0, 0.1) is 11.6 Å². The molecule has 2 aromatic carbocycles. The molecular weight excluding hydrogens is 336 g/mol. The van der Waals surface area contributed by atoms with Crippen molar-refractivity contribution in [2.45, 2.75) is 13.1 Å². The van der Waals surface area contributed by atoms with Crippen LogP contribution in [0.5, 0.6) is 0 Å². The van der Waals surface area contributed by atoms with Crippen molar-refractivity contribution < 1.29 is 13.6 Å². The lowest BCUT2D eigenvalue weighted by atomic mass is 10.2. The van der Waals surface area contributed by atoms with Crippen molar-refractivity contribution >= 4 is 5.91 Å². The number of hydrogen-bond donors (Lipinski definition) is 1. The third-order valence-electron chi connectivity index (χ3n) is 4.62. The van der Waals surface area contributed by atoms with E-state index in [2.05, 4.69) is 15.1 Å². The van der Waals surface area contributed by atoms with Gasteiger partial charge in [-0.1, -0.05) is 36.4 Å². The van der Waals surface area contributed by atoms with Gasteiger partial charge in [0.05, 0.1) is 6.54 Å². The predicted octanol–water partition coefficient (Wildman–Crippen LogP) is 2.40. The first-order valence-electron chi connectivity index (χ1n) is 8.80. The molecule has 4 nitrogen and oxygen atoms in total. The third-order valence-corrected chi connectivity index (χ3v) is 4.62. The van der Waals surface area contributed by atoms with Gasteiger partial charge in [-0.3, -0.25) is 14.6 Å². The maximum atomic E-state index is 13.7. The molecule has 1 amide bonds. The summed E-state index contributed by atoms with van der Waals surface area (Å²) in [7, 11) is 0. The Hall–Kier alpha value is -2.31. The molecule has 1 aliphatic rings. The largest absolute Gasteiger partial charge is 0.351 e. The molecule has 26 heavy (non-hydrogen) atoms. The molecule has 6 heteroatoms. The summed E-state index contributed by atoms with van der Waals surface area (Å²) in [5, 5.41) is 2.76. The van der Waals surface area contributed by atoms with Gasteiger partial charge in [-0.25, -0.2) is 8.78 Å². The minimum atomic E-state index is -0.311. The van der Waals surface area contributed by atoms with E-state index in [-0.39, 0.29) is 24.1 Å². The Morgan fingerprint density at radius 3 is 2.00 bits per heavy atom. The fourth-order valence-electron chi connectivity index (χ4n) is 3.07. The maximum absolute atomic E-state index is 13.7. The number of halogens is 2. The highest BCUT2D eigenvalue weighted by molar-refractivity contribution is 5.78. The standard InChI is InChI=1S/C20H23F2N3O/c21-18-7-3-1-5-16(18)13-23-20(26)15-25-11-9-24(10-12-25)14-17-6-2-4-8-19(17)22/h1-8H,9-15H2,(H,23,26). The van der Waals surface area contributed by atoms with Crippen molar-refractivity contribution in [1.82, 2.24) is 15.1 Å². The van der Waals surface area contributed by atoms with Gasteiger partial charge in [0.2, 0.25) is 5.91 Å². The van der Waals surface area contributed by atoms with E-state index in [1.54, 1.807) is 30.3 Å². The lowest BCUT2D eigenvalue weighted by Crippen LogP contribution is -2.49. The molecule has 0 bridgehead atoms. The smallest absolute Gasteiger partial charge is 0.234 e. The zero-order chi connectivity index (χ0) is 18.4. The number of nitrogens with one attached hydrogen (secondary N) is 1. The van der Waals surface area contributed by atoms with Gasteiger partial charge in [0.1, 0.15) is 11.6 Å². The van der Waals surface area contributed by atoms with Crippen LogP contribution in [0.25, 0.3) is 0 Å². The van der Waals surface area contributed by atoms with Gasteiger partial charge in [0, 0.05) is 50.4 Å². The van der Waals surface area contributed by atoms with Crippen LogP contribution in [0.4, 0.5) is 8.78 Å². The van der Waals surface area contributed by atoms with Crippen LogP contribution in [-0.4, -0.2) is 48.4 Å². The second-order valence-corrected chi connectivity index (χ2v) is 6.51. The van der Waals surface area contributed by atoms with E-state index in [4.69, 9.17) is 0 Å². The molecule has 0 unspecified atom stereocenters. The Kier molecular flexibility index (Phi) is 6.30. The van der Waals surface area contributed by atoms with Crippen LogP contribution in [0.1, 0.15) is 11.1 Å². The average molecular weight is 359 g/mol. The second-order valence-electron chi connectivity index (χ2n) is 6.51. The van der Waals surface area contributed by atoms with Crippen molar-refractivity contribution in [2.24, 2.45) is 0 Å². The molecule has 1 N–H and O–H groups in total. The van der Waals surface area contributed by atoms with Crippen LogP contribution in [-0.2, 0) is 17.9 Å². The Morgan fingerprint density at radius 1 is 0.846 bits per heavy atom. The molecule has 0 saturated carbocycles. The summed E-state index contributed by atoms with van der Waals surface area (Å²) in [5.74, 6) is -0.604. The summed E-state index contributed by atoms with van der Waals surface area (Å²) in [6.07, 6.45) is 0. The Bertz CT molecular complexity index is 745. The number of hydrogen-bond acceptors (Lipinski definition) is 3. The molecule has 0 radical (unpaired) electrons. The average Bonchev–Trinajstić information content (AvgIpc) is 2.64. The maximum Gasteiger partial charge on any atom is 0.234 e. The molecule has 0 atom stereocenters. The number of carbonyl (C=O) groups excluding carboxylic acids is 1. The Labute approximate surface area is 152 Å². The highest BCUT2D eigenvalue weighted by Gasteiger charge is 2.19. The monoisotopic (exact) mass is 359 g/mol. The SMILES string of the molecule is O=C(CN1CCN(Cc2ccccc2F)CC1)NCc1ccccc1F. The second kappa shape index (κ2) is 8.87. The first-order chi connectivity index (χ1) is 12.6. The lowest BCUT2D eigenvalue weighted by Gasteiger charge is -2.34. The highest BCUT2D eigenvalue weighted by Crippen LogP contribution is 2.12. The van der Waals surface area contributed by atoms with Gasteiger partial charge in [-0.15, -0.1) is 0 Å². The van der Waals surface area contributed by atoms with E-state index < -0.39 is 0 Å². The molecule has 138 valence electrons. The summed E-state index contributed by atoms with van der Waals surface area (Å²) < 4.78 is 27.3. The number of nitrogens with zero attached hydrogens (tertiary/aromatic N) is 2. The van der Waals surface area contributed by atoms with Gasteiger partial charge in [0.15, 0.2) is 0 Å². The lowest BCUT2D eigenvalue weighted by molar-refractivity contribution is -0.122. The van der Waals surface area contributed by atoms with E-state index >= 15 is 0 Å². The molecule has 2 aromatic rings. The zero-order valence-electron chi connectivity index (χ0n) is 14.6. The topological polar surface area (TPSA) is 35.6 Å². The zero-order valence-corrected chi connectivity index (χ0v) is 14.6. The van der Waals surface area contributed by atoms with Gasteiger partial charge in [0.25, 0.3) is 0 Å². The van der Waals surface area contributed by atoms with Gasteiger partial charge >= 0.3 is 0 Å². The minimum Gasteiger partial charge on any atom is -0.351 e. The number of amides is 1. The summed E-state index contributed by atoms with van der Waals surface area (Å²) >= 11 is 0. The van der Waals surface area contributed by atoms with E-state index in [0.717, 1.165) is 26.2 Å². The van der Waals surface area contributed by atoms with Gasteiger partial charge in [-0.2, -0.15) is 0 Å². The van der Waals surface area contributed by atoms with Crippen molar-refractivity contribution in [3.63, 3.8) is 0 Å². The molecular formula is C20H23F2N3O. The molecule has 1 fully saturated rings. The van der Waals surface area contributed by atoms with Crippen LogP contribution in [0.2, 0.25) is 0 Å². The normalized spacial score (nSPS) is 15.8. The summed E-state index contributed by atoms with van der Waals surface area (Å²) in [6, 6.07) is 13.2. The van der Waals surface area contributed by atoms with E-state index in [9.17, 15) is 13.6 Å². The van der Waals surface area contributed by atoms with Crippen LogP contribution < -0.4 is 5.32 Å². The third kappa shape index (κ3) is 5.09. The highest BCUT2D eigenvalue weighted by atomic mass is 19.1. The molecule has 0 aliphatic carbocycles. The van der Waals surface area contributed by atoms with Crippen LogP contribution in [0.15, 0.2) is 48.5 Å². The fraction of sp³-hybridized carbons (Fsp3) is 0.350. The molecule has 0 aromatic heterocycles. The Morgan fingerprint density at radius 2 is 1.38 bits per heavy atom. The first-order valence-corrected chi connectivity index (χ1v) is 8.80. The quantitative estimate of drug-likeness (QED) is 0.860. The number of piperazine rings is 1. The summed E-state index contributed by atoms with van der Waals surface area (Å²) in [4.78, 5) is 16.3.